The highest BCUT2D eigenvalue weighted by molar-refractivity contribution is 5.80. The highest BCUT2D eigenvalue weighted by atomic mass is 16.5. The van der Waals surface area contributed by atoms with Crippen LogP contribution in [0, 0.1) is 5.92 Å². The molecule has 2 atom stereocenters. The van der Waals surface area contributed by atoms with E-state index in [0.717, 1.165) is 32.0 Å². The second kappa shape index (κ2) is 6.80. The fourth-order valence-electron chi connectivity index (χ4n) is 1.83. The molecule has 15 heavy (non-hydrogen) atoms. The minimum Gasteiger partial charge on any atom is -0.369 e. The van der Waals surface area contributed by atoms with Crippen molar-refractivity contribution in [1.82, 2.24) is 10.6 Å². The minimum atomic E-state index is -0.322. The third-order valence-corrected chi connectivity index (χ3v) is 2.80. The smallest absolute Gasteiger partial charge is 0.248 e. The standard InChI is InChI=1S/C11H22N2O2/c1-3-15-9(2)11(14)13-7-5-10-4-6-12-8-10/h9-10,12H,3-8H2,1-2H3,(H,13,14). The lowest BCUT2D eigenvalue weighted by atomic mass is 10.1. The molecule has 88 valence electrons. The van der Waals surface area contributed by atoms with Crippen LogP contribution in [0.2, 0.25) is 0 Å². The molecule has 1 rings (SSSR count). The van der Waals surface area contributed by atoms with Crippen molar-refractivity contribution in [1.29, 1.82) is 0 Å². The molecule has 1 aliphatic heterocycles. The van der Waals surface area contributed by atoms with Crippen LogP contribution in [0.3, 0.4) is 0 Å². The molecule has 0 aromatic rings. The Kier molecular flexibility index (Phi) is 5.65. The van der Waals surface area contributed by atoms with Crippen molar-refractivity contribution in [3.05, 3.63) is 0 Å². The zero-order valence-corrected chi connectivity index (χ0v) is 9.71. The summed E-state index contributed by atoms with van der Waals surface area (Å²) in [5, 5.41) is 6.22. The fourth-order valence-corrected chi connectivity index (χ4v) is 1.83. The van der Waals surface area contributed by atoms with Gasteiger partial charge in [0.1, 0.15) is 6.10 Å². The summed E-state index contributed by atoms with van der Waals surface area (Å²) in [6.07, 6.45) is 1.98. The maximum Gasteiger partial charge on any atom is 0.248 e. The molecular formula is C11H22N2O2. The van der Waals surface area contributed by atoms with Crippen LogP contribution >= 0.6 is 0 Å². The van der Waals surface area contributed by atoms with Crippen molar-refractivity contribution in [3.8, 4) is 0 Å². The number of amides is 1. The molecule has 0 aromatic heterocycles. The molecule has 2 N–H and O–H groups in total. The van der Waals surface area contributed by atoms with Crippen LogP contribution in [0.15, 0.2) is 0 Å². The van der Waals surface area contributed by atoms with E-state index in [1.165, 1.54) is 6.42 Å². The number of hydrogen-bond donors (Lipinski definition) is 2. The minimum absolute atomic E-state index is 0.00260. The van der Waals surface area contributed by atoms with Gasteiger partial charge in [0.05, 0.1) is 0 Å². The van der Waals surface area contributed by atoms with Gasteiger partial charge in [0.15, 0.2) is 0 Å². The monoisotopic (exact) mass is 214 g/mol. The van der Waals surface area contributed by atoms with Crippen molar-refractivity contribution in [2.24, 2.45) is 5.92 Å². The molecule has 0 aromatic carbocycles. The third kappa shape index (κ3) is 4.62. The van der Waals surface area contributed by atoms with E-state index in [0.29, 0.717) is 6.61 Å². The van der Waals surface area contributed by atoms with Gasteiger partial charge in [-0.3, -0.25) is 4.79 Å². The summed E-state index contributed by atoms with van der Waals surface area (Å²) in [5.41, 5.74) is 0. The fraction of sp³-hybridized carbons (Fsp3) is 0.909. The van der Waals surface area contributed by atoms with Crippen LogP contribution in [0.25, 0.3) is 0 Å². The van der Waals surface area contributed by atoms with Crippen LogP contribution in [0.5, 0.6) is 0 Å². The summed E-state index contributed by atoms with van der Waals surface area (Å²) in [5.74, 6) is 0.732. The predicted molar refractivity (Wildman–Crippen MR) is 59.7 cm³/mol. The number of carbonyl (C=O) groups excluding carboxylic acids is 1. The van der Waals surface area contributed by atoms with Gasteiger partial charge >= 0.3 is 0 Å². The van der Waals surface area contributed by atoms with Gasteiger partial charge in [0.2, 0.25) is 5.91 Å². The van der Waals surface area contributed by atoms with Crippen LogP contribution in [0.1, 0.15) is 26.7 Å². The van der Waals surface area contributed by atoms with Crippen molar-refractivity contribution < 1.29 is 9.53 Å². The second-order valence-electron chi connectivity index (χ2n) is 4.04. The van der Waals surface area contributed by atoms with Crippen LogP contribution < -0.4 is 10.6 Å². The molecule has 0 aliphatic carbocycles. The molecule has 4 heteroatoms. The zero-order valence-electron chi connectivity index (χ0n) is 9.71. The Morgan fingerprint density at radius 1 is 1.67 bits per heavy atom. The van der Waals surface area contributed by atoms with Crippen LogP contribution in [0.4, 0.5) is 0 Å². The number of carbonyl (C=O) groups is 1. The quantitative estimate of drug-likeness (QED) is 0.678. The van der Waals surface area contributed by atoms with Crippen molar-refractivity contribution >= 4 is 5.91 Å². The van der Waals surface area contributed by atoms with Gasteiger partial charge in [0, 0.05) is 13.2 Å². The number of ether oxygens (including phenoxy) is 1. The normalized spacial score (nSPS) is 22.7. The average Bonchev–Trinajstić information content (AvgIpc) is 2.71. The summed E-state index contributed by atoms with van der Waals surface area (Å²) < 4.78 is 5.20. The topological polar surface area (TPSA) is 50.4 Å². The molecule has 1 aliphatic rings. The van der Waals surface area contributed by atoms with Gasteiger partial charge in [-0.05, 0) is 45.7 Å². The third-order valence-electron chi connectivity index (χ3n) is 2.80. The lowest BCUT2D eigenvalue weighted by Gasteiger charge is -2.13. The molecule has 0 radical (unpaired) electrons. The highest BCUT2D eigenvalue weighted by Crippen LogP contribution is 2.10. The molecule has 0 spiro atoms. The number of nitrogens with one attached hydrogen (secondary N) is 2. The molecule has 0 saturated carbocycles. The number of hydrogen-bond acceptors (Lipinski definition) is 3. The van der Waals surface area contributed by atoms with Gasteiger partial charge in [-0.1, -0.05) is 0 Å². The van der Waals surface area contributed by atoms with Gasteiger partial charge in [-0.15, -0.1) is 0 Å². The Balaban J connectivity index is 2.05. The van der Waals surface area contributed by atoms with E-state index in [-0.39, 0.29) is 12.0 Å². The summed E-state index contributed by atoms with van der Waals surface area (Å²) >= 11 is 0. The van der Waals surface area contributed by atoms with Crippen molar-refractivity contribution in [3.63, 3.8) is 0 Å². The van der Waals surface area contributed by atoms with Gasteiger partial charge < -0.3 is 15.4 Å². The van der Waals surface area contributed by atoms with Crippen LogP contribution in [-0.2, 0) is 9.53 Å². The Bertz CT molecular complexity index is 191. The number of rotatable bonds is 6. The van der Waals surface area contributed by atoms with Crippen molar-refractivity contribution in [2.75, 3.05) is 26.2 Å². The van der Waals surface area contributed by atoms with Crippen LogP contribution in [-0.4, -0.2) is 38.3 Å². The molecule has 2 unspecified atom stereocenters. The van der Waals surface area contributed by atoms with E-state index in [9.17, 15) is 4.79 Å². The van der Waals surface area contributed by atoms with E-state index < -0.39 is 0 Å². The second-order valence-corrected chi connectivity index (χ2v) is 4.04. The summed E-state index contributed by atoms with van der Waals surface area (Å²) in [6.45, 7) is 7.25. The van der Waals surface area contributed by atoms with E-state index in [2.05, 4.69) is 10.6 Å². The maximum atomic E-state index is 11.5. The molecule has 0 bridgehead atoms. The molecule has 1 fully saturated rings. The lowest BCUT2D eigenvalue weighted by Crippen LogP contribution is -2.35. The molecule has 1 heterocycles. The predicted octanol–water partition coefficient (Wildman–Crippen LogP) is 0.527. The highest BCUT2D eigenvalue weighted by Gasteiger charge is 2.15. The average molecular weight is 214 g/mol. The van der Waals surface area contributed by atoms with E-state index >= 15 is 0 Å². The molecule has 4 nitrogen and oxygen atoms in total. The van der Waals surface area contributed by atoms with E-state index in [1.807, 2.05) is 6.92 Å². The SMILES string of the molecule is CCOC(C)C(=O)NCCC1CCNC1. The first kappa shape index (κ1) is 12.5. The van der Waals surface area contributed by atoms with Gasteiger partial charge in [0.25, 0.3) is 0 Å². The van der Waals surface area contributed by atoms with Gasteiger partial charge in [-0.2, -0.15) is 0 Å². The molecular weight excluding hydrogens is 192 g/mol. The summed E-state index contributed by atoms with van der Waals surface area (Å²) in [4.78, 5) is 11.5. The Labute approximate surface area is 91.8 Å². The van der Waals surface area contributed by atoms with E-state index in [1.54, 1.807) is 6.92 Å². The van der Waals surface area contributed by atoms with Gasteiger partial charge in [-0.25, -0.2) is 0 Å². The molecule has 1 amide bonds. The Morgan fingerprint density at radius 2 is 2.47 bits per heavy atom. The first-order valence-corrected chi connectivity index (χ1v) is 5.84. The van der Waals surface area contributed by atoms with E-state index in [4.69, 9.17) is 4.74 Å². The lowest BCUT2D eigenvalue weighted by molar-refractivity contribution is -0.131. The largest absolute Gasteiger partial charge is 0.369 e. The Morgan fingerprint density at radius 3 is 3.07 bits per heavy atom. The van der Waals surface area contributed by atoms with Crippen molar-refractivity contribution in [2.45, 2.75) is 32.8 Å². The molecule has 1 saturated heterocycles. The summed E-state index contributed by atoms with van der Waals surface area (Å²) in [7, 11) is 0. The first-order valence-electron chi connectivity index (χ1n) is 5.84. The maximum absolute atomic E-state index is 11.5. The first-order chi connectivity index (χ1) is 7.24. The zero-order chi connectivity index (χ0) is 11.1. The summed E-state index contributed by atoms with van der Waals surface area (Å²) in [6, 6.07) is 0. The Hall–Kier alpha value is -0.610.